The van der Waals surface area contributed by atoms with Gasteiger partial charge in [-0.25, -0.2) is 0 Å². The highest BCUT2D eigenvalue weighted by atomic mass is 79.9. The van der Waals surface area contributed by atoms with Gasteiger partial charge in [-0.05, 0) is 57.9 Å². The summed E-state index contributed by atoms with van der Waals surface area (Å²) in [6.45, 7) is 0.939. The summed E-state index contributed by atoms with van der Waals surface area (Å²) in [6, 6.07) is 8.48. The average Bonchev–Trinajstić information content (AvgIpc) is 2.67. The highest BCUT2D eigenvalue weighted by molar-refractivity contribution is 9.12. The number of benzene rings is 2. The van der Waals surface area contributed by atoms with E-state index in [0.717, 1.165) is 5.56 Å². The molecule has 1 aliphatic rings. The lowest BCUT2D eigenvalue weighted by Crippen LogP contribution is -2.16. The van der Waals surface area contributed by atoms with Crippen LogP contribution in [0, 0.1) is 0 Å². The second kappa shape index (κ2) is 7.70. The number of rotatable bonds is 5. The van der Waals surface area contributed by atoms with Crippen molar-refractivity contribution in [3.8, 4) is 23.0 Å². The van der Waals surface area contributed by atoms with Crippen molar-refractivity contribution < 1.29 is 23.7 Å². The molecule has 0 bridgehead atoms. The minimum atomic E-state index is -0.197. The van der Waals surface area contributed by atoms with Crippen LogP contribution in [0.5, 0.6) is 23.0 Å². The zero-order chi connectivity index (χ0) is 18.7. The Bertz CT molecular complexity index is 861. The van der Waals surface area contributed by atoms with Gasteiger partial charge in [0, 0.05) is 5.56 Å². The van der Waals surface area contributed by atoms with Crippen LogP contribution in [-0.4, -0.2) is 33.2 Å². The maximum atomic E-state index is 12.7. The van der Waals surface area contributed by atoms with Crippen molar-refractivity contribution in [2.75, 3.05) is 33.2 Å². The van der Waals surface area contributed by atoms with Crippen molar-refractivity contribution in [1.82, 2.24) is 0 Å². The van der Waals surface area contributed by atoms with Gasteiger partial charge in [-0.3, -0.25) is 4.79 Å². The lowest BCUT2D eigenvalue weighted by Gasteiger charge is -2.21. The third kappa shape index (κ3) is 3.62. The predicted molar refractivity (Wildman–Crippen MR) is 103 cm³/mol. The first kappa shape index (κ1) is 18.1. The van der Waals surface area contributed by atoms with Crippen LogP contribution in [0.2, 0.25) is 0 Å². The Balaban J connectivity index is 1.93. The summed E-state index contributed by atoms with van der Waals surface area (Å²) in [5, 5.41) is 0. The zero-order valence-corrected chi connectivity index (χ0v) is 16.0. The number of carbonyl (C=O) groups is 1. The number of hydrogen-bond acceptors (Lipinski definition) is 6. The van der Waals surface area contributed by atoms with Gasteiger partial charge in [0.05, 0.1) is 24.4 Å². The van der Waals surface area contributed by atoms with Crippen molar-refractivity contribution in [3.05, 3.63) is 45.9 Å². The monoisotopic (exact) mass is 419 g/mol. The number of nitrogens with two attached hydrogens (primary N) is 1. The van der Waals surface area contributed by atoms with E-state index in [1.807, 2.05) is 0 Å². The van der Waals surface area contributed by atoms with E-state index in [9.17, 15) is 4.79 Å². The van der Waals surface area contributed by atoms with E-state index in [1.165, 1.54) is 7.11 Å². The number of nitrogen functional groups attached to an aromatic ring is 1. The summed E-state index contributed by atoms with van der Waals surface area (Å²) in [5.41, 5.74) is 7.47. The Morgan fingerprint density at radius 3 is 2.58 bits per heavy atom. The maximum absolute atomic E-state index is 12.7. The van der Waals surface area contributed by atoms with Crippen LogP contribution in [0.25, 0.3) is 6.08 Å². The number of fused-ring (bicyclic) bond motifs is 1. The Kier molecular flexibility index (Phi) is 5.37. The lowest BCUT2D eigenvalue weighted by molar-refractivity contribution is 0.104. The first-order valence-electron chi connectivity index (χ1n) is 7.86. The number of allylic oxidation sites excluding steroid dienone is 1. The quantitative estimate of drug-likeness (QED) is 0.452. The molecule has 0 fully saturated rings. The van der Waals surface area contributed by atoms with E-state index >= 15 is 0 Å². The standard InChI is InChI=1S/C19H18BrNO5/c1-23-15-10-12(3-4-14(15)21)18(22)13(20)7-11-8-16(24-2)19-17(9-11)25-5-6-26-19/h3-4,7-10H,5-6,21H2,1-2H3/b13-7+. The van der Waals surface area contributed by atoms with E-state index in [4.69, 9.17) is 24.7 Å². The Morgan fingerprint density at radius 2 is 1.85 bits per heavy atom. The van der Waals surface area contributed by atoms with Gasteiger partial charge in [0.1, 0.15) is 19.0 Å². The SMILES string of the molecule is COc1cc(C(=O)/C(Br)=C\c2cc(OC)c3c(c2)OCCO3)ccc1N. The highest BCUT2D eigenvalue weighted by Gasteiger charge is 2.19. The van der Waals surface area contributed by atoms with Crippen LogP contribution < -0.4 is 24.7 Å². The molecule has 0 saturated carbocycles. The van der Waals surface area contributed by atoms with Crippen LogP contribution in [0.1, 0.15) is 15.9 Å². The van der Waals surface area contributed by atoms with E-state index in [0.29, 0.717) is 51.9 Å². The minimum Gasteiger partial charge on any atom is -0.495 e. The molecule has 7 heteroatoms. The van der Waals surface area contributed by atoms with Crippen molar-refractivity contribution in [2.45, 2.75) is 0 Å². The van der Waals surface area contributed by atoms with Gasteiger partial charge in [0.2, 0.25) is 5.75 Å². The van der Waals surface area contributed by atoms with Gasteiger partial charge in [-0.15, -0.1) is 0 Å². The maximum Gasteiger partial charge on any atom is 0.203 e. The third-order valence-corrected chi connectivity index (χ3v) is 4.45. The molecule has 3 rings (SSSR count). The van der Waals surface area contributed by atoms with E-state index in [2.05, 4.69) is 15.9 Å². The average molecular weight is 420 g/mol. The predicted octanol–water partition coefficient (Wildman–Crippen LogP) is 3.68. The van der Waals surface area contributed by atoms with Crippen molar-refractivity contribution in [1.29, 1.82) is 0 Å². The number of hydrogen-bond donors (Lipinski definition) is 1. The Labute approximate surface area is 159 Å². The molecule has 0 aromatic heterocycles. The summed E-state index contributed by atoms with van der Waals surface area (Å²) in [5.74, 6) is 1.97. The second-order valence-electron chi connectivity index (χ2n) is 5.53. The van der Waals surface area contributed by atoms with Crippen LogP contribution in [-0.2, 0) is 0 Å². The number of ether oxygens (including phenoxy) is 4. The minimum absolute atomic E-state index is 0.197. The first-order valence-corrected chi connectivity index (χ1v) is 8.66. The van der Waals surface area contributed by atoms with E-state index in [-0.39, 0.29) is 5.78 Å². The van der Waals surface area contributed by atoms with Crippen molar-refractivity contribution in [3.63, 3.8) is 0 Å². The molecule has 136 valence electrons. The van der Waals surface area contributed by atoms with Crippen LogP contribution in [0.3, 0.4) is 0 Å². The smallest absolute Gasteiger partial charge is 0.203 e. The van der Waals surface area contributed by atoms with Gasteiger partial charge >= 0.3 is 0 Å². The largest absolute Gasteiger partial charge is 0.495 e. The number of ketones is 1. The highest BCUT2D eigenvalue weighted by Crippen LogP contribution is 2.41. The summed E-state index contributed by atoms with van der Waals surface area (Å²) < 4.78 is 22.1. The fourth-order valence-corrected chi connectivity index (χ4v) is 3.07. The molecule has 2 aromatic rings. The molecule has 2 aromatic carbocycles. The second-order valence-corrected chi connectivity index (χ2v) is 6.38. The first-order chi connectivity index (χ1) is 12.5. The lowest BCUT2D eigenvalue weighted by atomic mass is 10.1. The molecule has 1 aliphatic heterocycles. The summed E-state index contributed by atoms with van der Waals surface area (Å²) in [7, 11) is 3.06. The molecule has 0 saturated heterocycles. The van der Waals surface area contributed by atoms with Gasteiger partial charge in [0.25, 0.3) is 0 Å². The molecule has 0 aliphatic carbocycles. The van der Waals surface area contributed by atoms with Crippen LogP contribution in [0.4, 0.5) is 5.69 Å². The normalized spacial score (nSPS) is 13.3. The number of carbonyl (C=O) groups excluding carboxylic acids is 1. The molecule has 0 radical (unpaired) electrons. The molecule has 1 heterocycles. The number of methoxy groups -OCH3 is 2. The summed E-state index contributed by atoms with van der Waals surface area (Å²) in [6.07, 6.45) is 1.70. The van der Waals surface area contributed by atoms with Gasteiger partial charge < -0.3 is 24.7 Å². The zero-order valence-electron chi connectivity index (χ0n) is 14.4. The molecule has 6 nitrogen and oxygen atoms in total. The fraction of sp³-hybridized carbons (Fsp3) is 0.211. The molecular weight excluding hydrogens is 402 g/mol. The Morgan fingerprint density at radius 1 is 1.12 bits per heavy atom. The number of halogens is 1. The third-order valence-electron chi connectivity index (χ3n) is 3.86. The molecule has 0 spiro atoms. The van der Waals surface area contributed by atoms with Gasteiger partial charge in [0.15, 0.2) is 17.3 Å². The van der Waals surface area contributed by atoms with E-state index < -0.39 is 0 Å². The molecule has 0 unspecified atom stereocenters. The summed E-state index contributed by atoms with van der Waals surface area (Å²) in [4.78, 5) is 12.7. The van der Waals surface area contributed by atoms with E-state index in [1.54, 1.807) is 43.5 Å². The fourth-order valence-electron chi connectivity index (χ4n) is 2.58. The van der Waals surface area contributed by atoms with Gasteiger partial charge in [-0.1, -0.05) is 0 Å². The van der Waals surface area contributed by atoms with Crippen molar-refractivity contribution in [2.24, 2.45) is 0 Å². The Hall–Kier alpha value is -2.67. The van der Waals surface area contributed by atoms with Crippen LogP contribution in [0.15, 0.2) is 34.8 Å². The summed E-state index contributed by atoms with van der Waals surface area (Å²) >= 11 is 3.35. The molecule has 0 amide bonds. The van der Waals surface area contributed by atoms with Crippen LogP contribution >= 0.6 is 15.9 Å². The molecule has 26 heavy (non-hydrogen) atoms. The van der Waals surface area contributed by atoms with Gasteiger partial charge in [-0.2, -0.15) is 0 Å². The topological polar surface area (TPSA) is 80.0 Å². The molecule has 0 atom stereocenters. The molecular formula is C19H18BrNO5. The number of Topliss-reactive ketones (excluding diaryl/α,β-unsaturated/α-hetero) is 1. The molecule has 2 N–H and O–H groups in total. The van der Waals surface area contributed by atoms with Crippen molar-refractivity contribution >= 4 is 33.5 Å². The number of anilines is 1.